The number of amides is 1. The molecule has 0 aromatic heterocycles. The lowest BCUT2D eigenvalue weighted by Gasteiger charge is -2.34. The third-order valence-electron chi connectivity index (χ3n) is 4.86. The minimum absolute atomic E-state index is 0.141. The summed E-state index contributed by atoms with van der Waals surface area (Å²) in [6.07, 6.45) is 3.59. The number of piperidine rings is 1. The summed E-state index contributed by atoms with van der Waals surface area (Å²) < 4.78 is 5.77. The number of nitrogens with one attached hydrogen (secondary N) is 2. The third-order valence-corrected chi connectivity index (χ3v) is 4.86. The minimum Gasteiger partial charge on any atom is -0.494 e. The molecule has 6 nitrogen and oxygen atoms in total. The van der Waals surface area contributed by atoms with Crippen molar-refractivity contribution in [2.75, 3.05) is 39.8 Å². The van der Waals surface area contributed by atoms with Crippen LogP contribution in [0.5, 0.6) is 5.75 Å². The zero-order chi connectivity index (χ0) is 19.5. The van der Waals surface area contributed by atoms with Crippen LogP contribution in [0.25, 0.3) is 0 Å². The molecular weight excluding hydrogens is 340 g/mol. The maximum atomic E-state index is 11.5. The number of nitrogens with zero attached hydrogens (tertiary/aromatic N) is 2. The van der Waals surface area contributed by atoms with Crippen LogP contribution in [-0.2, 0) is 4.79 Å². The molecule has 1 heterocycles. The van der Waals surface area contributed by atoms with Gasteiger partial charge in [0, 0.05) is 46.1 Å². The first-order valence-electron chi connectivity index (χ1n) is 10.1. The molecule has 0 spiro atoms. The number of benzene rings is 1. The molecule has 6 heteroatoms. The van der Waals surface area contributed by atoms with Crippen LogP contribution in [0, 0.1) is 12.8 Å². The van der Waals surface area contributed by atoms with Gasteiger partial charge in [-0.1, -0.05) is 17.7 Å². The fraction of sp³-hybridized carbons (Fsp3) is 0.619. The normalized spacial score (nSPS) is 15.5. The highest BCUT2D eigenvalue weighted by Gasteiger charge is 2.22. The zero-order valence-electron chi connectivity index (χ0n) is 17.0. The Balaban J connectivity index is 1.73. The van der Waals surface area contributed by atoms with Crippen molar-refractivity contribution in [3.8, 4) is 5.75 Å². The quantitative estimate of drug-likeness (QED) is 0.417. The molecule has 27 heavy (non-hydrogen) atoms. The van der Waals surface area contributed by atoms with E-state index in [2.05, 4.69) is 41.5 Å². The van der Waals surface area contributed by atoms with Gasteiger partial charge in [0.1, 0.15) is 5.75 Å². The Hall–Kier alpha value is -2.24. The van der Waals surface area contributed by atoms with E-state index in [0.717, 1.165) is 57.2 Å². The van der Waals surface area contributed by atoms with Gasteiger partial charge in [0.15, 0.2) is 5.96 Å². The number of rotatable bonds is 8. The lowest BCUT2D eigenvalue weighted by Crippen LogP contribution is -2.46. The molecule has 1 aromatic carbocycles. The molecule has 1 fully saturated rings. The van der Waals surface area contributed by atoms with E-state index < -0.39 is 0 Å². The van der Waals surface area contributed by atoms with E-state index in [4.69, 9.17) is 9.73 Å². The molecule has 1 aliphatic rings. The van der Waals surface area contributed by atoms with Crippen molar-refractivity contribution < 1.29 is 9.53 Å². The summed E-state index contributed by atoms with van der Waals surface area (Å²) >= 11 is 0. The number of aryl methyl sites for hydroxylation is 1. The van der Waals surface area contributed by atoms with Gasteiger partial charge < -0.3 is 20.3 Å². The van der Waals surface area contributed by atoms with Gasteiger partial charge in [-0.15, -0.1) is 0 Å². The predicted molar refractivity (Wildman–Crippen MR) is 110 cm³/mol. The Morgan fingerprint density at radius 1 is 1.26 bits per heavy atom. The maximum absolute atomic E-state index is 11.5. The van der Waals surface area contributed by atoms with E-state index in [0.29, 0.717) is 18.9 Å². The van der Waals surface area contributed by atoms with E-state index in [1.807, 2.05) is 12.1 Å². The van der Waals surface area contributed by atoms with Crippen LogP contribution in [0.1, 0.15) is 38.2 Å². The Bertz CT molecular complexity index is 593. The third kappa shape index (κ3) is 7.49. The molecule has 2 N–H and O–H groups in total. The topological polar surface area (TPSA) is 66.0 Å². The van der Waals surface area contributed by atoms with Crippen molar-refractivity contribution in [1.82, 2.24) is 15.5 Å². The summed E-state index contributed by atoms with van der Waals surface area (Å²) in [7, 11) is 1.70. The molecule has 1 amide bonds. The van der Waals surface area contributed by atoms with Crippen molar-refractivity contribution in [1.29, 1.82) is 0 Å². The number of carbonyl (C=O) groups is 1. The van der Waals surface area contributed by atoms with Gasteiger partial charge in [-0.05, 0) is 44.7 Å². The molecule has 0 radical (unpaired) electrons. The van der Waals surface area contributed by atoms with Crippen LogP contribution in [-0.4, -0.2) is 56.6 Å². The standard InChI is InChI=1S/C21H34N4O2/c1-4-23-21(25-13-10-18(11-14-25)16-20(26)22-3)24-12-5-15-27-19-8-6-17(2)7-9-19/h6-9,18H,4-5,10-16H2,1-3H3,(H,22,26)(H,23,24). The molecule has 1 saturated heterocycles. The number of likely N-dealkylation sites (tertiary alicyclic amines) is 1. The molecule has 1 aromatic rings. The summed E-state index contributed by atoms with van der Waals surface area (Å²) in [5.41, 5.74) is 1.24. The smallest absolute Gasteiger partial charge is 0.220 e. The number of hydrogen-bond acceptors (Lipinski definition) is 3. The number of aliphatic imine (C=N–C) groups is 1. The van der Waals surface area contributed by atoms with Crippen LogP contribution in [0.3, 0.4) is 0 Å². The molecule has 150 valence electrons. The lowest BCUT2D eigenvalue weighted by molar-refractivity contribution is -0.121. The van der Waals surface area contributed by atoms with Crippen LogP contribution < -0.4 is 15.4 Å². The molecule has 0 bridgehead atoms. The minimum atomic E-state index is 0.141. The maximum Gasteiger partial charge on any atom is 0.220 e. The molecule has 1 aliphatic heterocycles. The van der Waals surface area contributed by atoms with Crippen LogP contribution >= 0.6 is 0 Å². The van der Waals surface area contributed by atoms with Gasteiger partial charge in [-0.2, -0.15) is 0 Å². The van der Waals surface area contributed by atoms with Crippen LogP contribution in [0.15, 0.2) is 29.3 Å². The SMILES string of the molecule is CCNC(=NCCCOc1ccc(C)cc1)N1CCC(CC(=O)NC)CC1. The predicted octanol–water partition coefficient (Wildman–Crippen LogP) is 2.58. The van der Waals surface area contributed by atoms with E-state index >= 15 is 0 Å². The Labute approximate surface area is 163 Å². The Kier molecular flexibility index (Phi) is 8.95. The number of carbonyl (C=O) groups excluding carboxylic acids is 1. The molecule has 0 saturated carbocycles. The number of hydrogen-bond donors (Lipinski definition) is 2. The highest BCUT2D eigenvalue weighted by Crippen LogP contribution is 2.20. The average Bonchev–Trinajstić information content (AvgIpc) is 2.69. The summed E-state index contributed by atoms with van der Waals surface area (Å²) in [6.45, 7) is 8.33. The van der Waals surface area contributed by atoms with Gasteiger partial charge in [0.05, 0.1) is 6.61 Å². The van der Waals surface area contributed by atoms with E-state index in [1.54, 1.807) is 7.05 Å². The Morgan fingerprint density at radius 3 is 2.59 bits per heavy atom. The van der Waals surface area contributed by atoms with Crippen molar-refractivity contribution in [2.45, 2.75) is 39.5 Å². The van der Waals surface area contributed by atoms with E-state index in [-0.39, 0.29) is 5.91 Å². The monoisotopic (exact) mass is 374 g/mol. The van der Waals surface area contributed by atoms with Crippen LogP contribution in [0.4, 0.5) is 0 Å². The van der Waals surface area contributed by atoms with E-state index in [9.17, 15) is 4.79 Å². The fourth-order valence-electron chi connectivity index (χ4n) is 3.21. The second-order valence-electron chi connectivity index (χ2n) is 7.06. The van der Waals surface area contributed by atoms with Crippen molar-refractivity contribution >= 4 is 11.9 Å². The largest absolute Gasteiger partial charge is 0.494 e. The highest BCUT2D eigenvalue weighted by molar-refractivity contribution is 5.80. The second kappa shape index (κ2) is 11.5. The first-order valence-corrected chi connectivity index (χ1v) is 10.1. The van der Waals surface area contributed by atoms with Crippen LogP contribution in [0.2, 0.25) is 0 Å². The molecule has 0 aliphatic carbocycles. The summed E-state index contributed by atoms with van der Waals surface area (Å²) in [4.78, 5) is 18.6. The van der Waals surface area contributed by atoms with Crippen molar-refractivity contribution in [3.05, 3.63) is 29.8 Å². The molecule has 0 unspecified atom stereocenters. The summed E-state index contributed by atoms with van der Waals surface area (Å²) in [5, 5.41) is 6.11. The number of guanidine groups is 1. The average molecular weight is 375 g/mol. The van der Waals surface area contributed by atoms with Gasteiger partial charge in [0.2, 0.25) is 5.91 Å². The molecule has 0 atom stereocenters. The van der Waals surface area contributed by atoms with Crippen molar-refractivity contribution in [2.24, 2.45) is 10.9 Å². The summed E-state index contributed by atoms with van der Waals surface area (Å²) in [6, 6.07) is 8.13. The Morgan fingerprint density at radius 2 is 1.96 bits per heavy atom. The van der Waals surface area contributed by atoms with Crippen molar-refractivity contribution in [3.63, 3.8) is 0 Å². The summed E-state index contributed by atoms with van der Waals surface area (Å²) in [5.74, 6) is 2.51. The first kappa shape index (κ1) is 21.1. The van der Waals surface area contributed by atoms with Gasteiger partial charge in [-0.3, -0.25) is 9.79 Å². The van der Waals surface area contributed by atoms with E-state index in [1.165, 1.54) is 5.56 Å². The highest BCUT2D eigenvalue weighted by atomic mass is 16.5. The fourth-order valence-corrected chi connectivity index (χ4v) is 3.21. The molecular formula is C21H34N4O2. The second-order valence-corrected chi connectivity index (χ2v) is 7.06. The lowest BCUT2D eigenvalue weighted by atomic mass is 9.93. The van der Waals surface area contributed by atoms with Gasteiger partial charge in [-0.25, -0.2) is 0 Å². The zero-order valence-corrected chi connectivity index (χ0v) is 17.0. The number of ether oxygens (including phenoxy) is 1. The molecule has 2 rings (SSSR count). The van der Waals surface area contributed by atoms with Gasteiger partial charge in [0.25, 0.3) is 0 Å². The van der Waals surface area contributed by atoms with Gasteiger partial charge >= 0.3 is 0 Å². The first-order chi connectivity index (χ1) is 13.1.